The van der Waals surface area contributed by atoms with Crippen LogP contribution in [-0.2, 0) is 20.8 Å². The van der Waals surface area contributed by atoms with Gasteiger partial charge in [0.15, 0.2) is 5.71 Å². The summed E-state index contributed by atoms with van der Waals surface area (Å²) in [6, 6.07) is 15.1. The fourth-order valence-electron chi connectivity index (χ4n) is 3.66. The van der Waals surface area contributed by atoms with E-state index < -0.39 is 10.1 Å². The van der Waals surface area contributed by atoms with Gasteiger partial charge in [0.05, 0.1) is 7.11 Å². The van der Waals surface area contributed by atoms with Crippen molar-refractivity contribution in [1.82, 2.24) is 0 Å². The number of hydrogen-bond donors (Lipinski definition) is 0. The molecule has 0 aliphatic carbocycles. The number of aryl methyl sites for hydroxylation is 1. The molecule has 0 saturated heterocycles. The van der Waals surface area contributed by atoms with Gasteiger partial charge in [-0.3, -0.25) is 4.28 Å². The fourth-order valence-corrected chi connectivity index (χ4v) is 4.38. The number of hydrogen-bond acceptors (Lipinski definition) is 6. The van der Waals surface area contributed by atoms with E-state index in [9.17, 15) is 13.7 Å². The molecule has 0 amide bonds. The number of methoxy groups -OCH3 is 1. The second-order valence-electron chi connectivity index (χ2n) is 8.38. The smallest absolute Gasteiger partial charge is 0.358 e. The topological polar surface area (TPSA) is 88.8 Å². The van der Waals surface area contributed by atoms with Gasteiger partial charge in [0.1, 0.15) is 16.7 Å². The van der Waals surface area contributed by atoms with Crippen LogP contribution in [0.3, 0.4) is 0 Å². The summed E-state index contributed by atoms with van der Waals surface area (Å²) in [6.07, 6.45) is 13.8. The van der Waals surface area contributed by atoms with Gasteiger partial charge in [-0.05, 0) is 54.8 Å². The van der Waals surface area contributed by atoms with Gasteiger partial charge in [-0.25, -0.2) is 0 Å². The van der Waals surface area contributed by atoms with Crippen molar-refractivity contribution in [2.24, 2.45) is 5.16 Å². The van der Waals surface area contributed by atoms with E-state index in [-0.39, 0.29) is 10.6 Å². The highest BCUT2D eigenvalue weighted by Gasteiger charge is 2.17. The van der Waals surface area contributed by atoms with Gasteiger partial charge in [-0.1, -0.05) is 82.0 Å². The van der Waals surface area contributed by atoms with E-state index in [0.29, 0.717) is 11.3 Å². The molecule has 2 aromatic carbocycles. The summed E-state index contributed by atoms with van der Waals surface area (Å²) in [5.74, 6) is 0.618. The molecule has 0 heterocycles. The van der Waals surface area contributed by atoms with Crippen LogP contribution in [0.4, 0.5) is 0 Å². The highest BCUT2D eigenvalue weighted by molar-refractivity contribution is 7.86. The van der Waals surface area contributed by atoms with Crippen molar-refractivity contribution in [3.63, 3.8) is 0 Å². The number of oxime groups is 1. The average molecular weight is 485 g/mol. The summed E-state index contributed by atoms with van der Waals surface area (Å²) in [5, 5.41) is 12.9. The van der Waals surface area contributed by atoms with Crippen molar-refractivity contribution in [3.8, 4) is 11.8 Å². The Morgan fingerprint density at radius 2 is 1.41 bits per heavy atom. The van der Waals surface area contributed by atoms with Gasteiger partial charge in [-0.15, -0.1) is 0 Å². The first-order chi connectivity index (χ1) is 16.5. The van der Waals surface area contributed by atoms with Crippen LogP contribution in [0.5, 0.6) is 5.75 Å². The Kier molecular flexibility index (Phi) is 12.2. The third-order valence-corrected chi connectivity index (χ3v) is 6.85. The molecule has 0 unspecified atom stereocenters. The zero-order chi connectivity index (χ0) is 24.7. The molecule has 0 radical (unpaired) electrons. The van der Waals surface area contributed by atoms with Gasteiger partial charge < -0.3 is 4.74 Å². The van der Waals surface area contributed by atoms with E-state index in [1.54, 1.807) is 24.3 Å². The number of nitrogens with zero attached hydrogens (tertiary/aromatic N) is 2. The second-order valence-corrected chi connectivity index (χ2v) is 9.91. The summed E-state index contributed by atoms with van der Waals surface area (Å²) in [5.41, 5.74) is 1.40. The normalized spacial score (nSPS) is 11.7. The molecule has 34 heavy (non-hydrogen) atoms. The molecule has 0 atom stereocenters. The molecule has 0 N–H and O–H groups in total. The molecule has 0 spiro atoms. The Labute approximate surface area is 204 Å². The summed E-state index contributed by atoms with van der Waals surface area (Å²) >= 11 is 0. The highest BCUT2D eigenvalue weighted by atomic mass is 32.2. The molecular formula is C27H36N2O4S. The largest absolute Gasteiger partial charge is 0.497 e. The first kappa shape index (κ1) is 27.4. The van der Waals surface area contributed by atoms with Gasteiger partial charge in [0, 0.05) is 5.56 Å². The molecule has 0 bridgehead atoms. The maximum atomic E-state index is 12.5. The van der Waals surface area contributed by atoms with Crippen molar-refractivity contribution < 1.29 is 17.4 Å². The molecule has 0 aliphatic rings. The Balaban J connectivity index is 1.79. The fraction of sp³-hybridized carbons (Fsp3) is 0.481. The number of ether oxygens (including phenoxy) is 1. The predicted molar refractivity (Wildman–Crippen MR) is 135 cm³/mol. The predicted octanol–water partition coefficient (Wildman–Crippen LogP) is 6.79. The van der Waals surface area contributed by atoms with E-state index in [4.69, 9.17) is 9.02 Å². The molecule has 184 valence electrons. The zero-order valence-corrected chi connectivity index (χ0v) is 21.1. The Morgan fingerprint density at radius 3 is 1.94 bits per heavy atom. The van der Waals surface area contributed by atoms with Gasteiger partial charge >= 0.3 is 10.1 Å². The standard InChI is InChI=1S/C27H36N2O4S/c1-3-4-5-6-7-8-9-10-11-12-13-23-14-20-26(21-15-23)34(30,31)33-29-27(22-28)24-16-18-25(32-2)19-17-24/h14-21H,3-13H2,1-2H3/b29-27+. The SMILES string of the molecule is CCCCCCCCCCCCc1ccc(S(=O)(=O)O/N=C(\C#N)c2ccc(OC)cc2)cc1. The lowest BCUT2D eigenvalue weighted by molar-refractivity contribution is 0.339. The van der Waals surface area contributed by atoms with Gasteiger partial charge in [0.2, 0.25) is 0 Å². The van der Waals surface area contributed by atoms with Crippen molar-refractivity contribution in [3.05, 3.63) is 59.7 Å². The van der Waals surface area contributed by atoms with Crippen LogP contribution in [0, 0.1) is 11.3 Å². The second kappa shape index (κ2) is 15.1. The minimum Gasteiger partial charge on any atom is -0.497 e. The van der Waals surface area contributed by atoms with Crippen molar-refractivity contribution in [1.29, 1.82) is 5.26 Å². The van der Waals surface area contributed by atoms with Gasteiger partial charge in [0.25, 0.3) is 0 Å². The molecule has 6 nitrogen and oxygen atoms in total. The number of benzene rings is 2. The van der Waals surface area contributed by atoms with Crippen LogP contribution in [0.2, 0.25) is 0 Å². The maximum Gasteiger partial charge on any atom is 0.358 e. The Morgan fingerprint density at radius 1 is 0.853 bits per heavy atom. The lowest BCUT2D eigenvalue weighted by atomic mass is 10.0. The van der Waals surface area contributed by atoms with Crippen LogP contribution >= 0.6 is 0 Å². The maximum absolute atomic E-state index is 12.5. The summed E-state index contributed by atoms with van der Waals surface area (Å²) < 4.78 is 34.8. The van der Waals surface area contributed by atoms with E-state index in [0.717, 1.165) is 18.4 Å². The lowest BCUT2D eigenvalue weighted by Crippen LogP contribution is -2.06. The third kappa shape index (κ3) is 9.56. The van der Waals surface area contributed by atoms with E-state index >= 15 is 0 Å². The van der Waals surface area contributed by atoms with E-state index in [2.05, 4.69) is 12.1 Å². The summed E-state index contributed by atoms with van der Waals surface area (Å²) in [6.45, 7) is 2.24. The first-order valence-corrected chi connectivity index (χ1v) is 13.6. The summed E-state index contributed by atoms with van der Waals surface area (Å²) in [4.78, 5) is 0.00935. The van der Waals surface area contributed by atoms with Crippen LogP contribution in [-0.4, -0.2) is 21.2 Å². The molecule has 0 fully saturated rings. The molecule has 2 rings (SSSR count). The quantitative estimate of drug-likeness (QED) is 0.149. The molecule has 0 saturated carbocycles. The van der Waals surface area contributed by atoms with Crippen molar-refractivity contribution >= 4 is 15.8 Å². The van der Waals surface area contributed by atoms with E-state index in [1.165, 1.54) is 77.0 Å². The number of rotatable bonds is 16. The summed E-state index contributed by atoms with van der Waals surface area (Å²) in [7, 11) is -2.58. The minimum atomic E-state index is -4.11. The molecule has 7 heteroatoms. The third-order valence-electron chi connectivity index (χ3n) is 5.73. The molecule has 2 aromatic rings. The molecule has 0 aromatic heterocycles. The van der Waals surface area contributed by atoms with Crippen molar-refractivity contribution in [2.45, 2.75) is 82.4 Å². The van der Waals surface area contributed by atoms with Crippen LogP contribution in [0.15, 0.2) is 58.6 Å². The first-order valence-electron chi connectivity index (χ1n) is 12.1. The number of unbranched alkanes of at least 4 members (excludes halogenated alkanes) is 9. The minimum absolute atomic E-state index is 0.00935. The molecule has 0 aliphatic heterocycles. The van der Waals surface area contributed by atoms with Crippen LogP contribution in [0.25, 0.3) is 0 Å². The molecular weight excluding hydrogens is 448 g/mol. The number of nitriles is 1. The van der Waals surface area contributed by atoms with E-state index in [1.807, 2.05) is 18.2 Å². The average Bonchev–Trinajstić information content (AvgIpc) is 2.86. The van der Waals surface area contributed by atoms with Crippen LogP contribution < -0.4 is 4.74 Å². The van der Waals surface area contributed by atoms with Gasteiger partial charge in [-0.2, -0.15) is 13.7 Å². The lowest BCUT2D eigenvalue weighted by Gasteiger charge is -2.06. The Bertz CT molecular complexity index is 1020. The monoisotopic (exact) mass is 484 g/mol. The van der Waals surface area contributed by atoms with Crippen molar-refractivity contribution in [2.75, 3.05) is 7.11 Å². The van der Waals surface area contributed by atoms with Crippen LogP contribution in [0.1, 0.15) is 82.3 Å². The highest BCUT2D eigenvalue weighted by Crippen LogP contribution is 2.18. The zero-order valence-electron chi connectivity index (χ0n) is 20.3. The Hall–Kier alpha value is -2.85.